The first-order valence-corrected chi connectivity index (χ1v) is 6.71. The van der Waals surface area contributed by atoms with Crippen LogP contribution in [-0.4, -0.2) is 68.2 Å². The Morgan fingerprint density at radius 1 is 1.36 bits per heavy atom. The average Bonchev–Trinajstić information content (AvgIpc) is 2.89. The number of aliphatic hydroxyl groups is 2. The van der Waals surface area contributed by atoms with E-state index in [1.165, 1.54) is 17.6 Å². The van der Waals surface area contributed by atoms with E-state index in [-0.39, 0.29) is 19.7 Å². The molecule has 2 N–H and O–H groups in total. The predicted octanol–water partition coefficient (Wildman–Crippen LogP) is -0.391. The first-order chi connectivity index (χ1) is 10.5. The van der Waals surface area contributed by atoms with E-state index in [0.29, 0.717) is 17.0 Å². The molecule has 2 aromatic heterocycles. The number of alkyl halides is 2. The van der Waals surface area contributed by atoms with Crippen LogP contribution in [0, 0.1) is 0 Å². The summed E-state index contributed by atoms with van der Waals surface area (Å²) in [6.07, 6.45) is -1.50. The lowest BCUT2D eigenvalue weighted by Gasteiger charge is -2.32. The number of anilines is 1. The molecule has 3 heterocycles. The Labute approximate surface area is 124 Å². The van der Waals surface area contributed by atoms with E-state index in [2.05, 4.69) is 19.7 Å². The molecule has 2 aromatic rings. The molecular formula is C12H15F2N5O3. The van der Waals surface area contributed by atoms with Gasteiger partial charge in [0, 0.05) is 6.54 Å². The molecule has 0 spiro atoms. The molecular weight excluding hydrogens is 300 g/mol. The maximum atomic E-state index is 13.4. The van der Waals surface area contributed by atoms with Gasteiger partial charge < -0.3 is 24.4 Å². The molecule has 120 valence electrons. The summed E-state index contributed by atoms with van der Waals surface area (Å²) >= 11 is 0. The first-order valence-electron chi connectivity index (χ1n) is 6.71. The number of imidazole rings is 1. The fourth-order valence-electron chi connectivity index (χ4n) is 2.35. The number of halogens is 2. The molecule has 1 saturated heterocycles. The van der Waals surface area contributed by atoms with E-state index in [9.17, 15) is 13.9 Å². The van der Waals surface area contributed by atoms with Crippen molar-refractivity contribution in [3.05, 3.63) is 12.7 Å². The third kappa shape index (κ3) is 2.85. The Morgan fingerprint density at radius 2 is 2.18 bits per heavy atom. The maximum Gasteiger partial charge on any atom is 0.373 e. The number of fused-ring (bicyclic) bond motifs is 1. The number of nitrogens with zero attached hydrogens (tertiary/aromatic N) is 5. The van der Waals surface area contributed by atoms with Gasteiger partial charge in [-0.1, -0.05) is 0 Å². The Balaban J connectivity index is 1.94. The van der Waals surface area contributed by atoms with Crippen LogP contribution in [0.25, 0.3) is 11.2 Å². The molecule has 0 aliphatic carbocycles. The van der Waals surface area contributed by atoms with Crippen LogP contribution >= 0.6 is 0 Å². The SMILES string of the molecule is OCC(O)Cn1cnc2c(N3CCOC(F)(F)C3)ncnc21. The molecule has 1 unspecified atom stereocenters. The predicted molar refractivity (Wildman–Crippen MR) is 71.5 cm³/mol. The molecule has 1 fully saturated rings. The monoisotopic (exact) mass is 315 g/mol. The zero-order chi connectivity index (χ0) is 15.7. The molecule has 0 saturated carbocycles. The molecule has 0 radical (unpaired) electrons. The highest BCUT2D eigenvalue weighted by molar-refractivity contribution is 5.83. The Kier molecular flexibility index (Phi) is 3.89. The zero-order valence-corrected chi connectivity index (χ0v) is 11.6. The van der Waals surface area contributed by atoms with Crippen LogP contribution in [0.4, 0.5) is 14.6 Å². The molecule has 1 aliphatic rings. The van der Waals surface area contributed by atoms with Crippen LogP contribution in [-0.2, 0) is 11.3 Å². The minimum absolute atomic E-state index is 0.0999. The van der Waals surface area contributed by atoms with Crippen molar-refractivity contribution in [3.63, 3.8) is 0 Å². The van der Waals surface area contributed by atoms with Crippen LogP contribution in [0.5, 0.6) is 0 Å². The lowest BCUT2D eigenvalue weighted by atomic mass is 10.3. The van der Waals surface area contributed by atoms with E-state index < -0.39 is 25.4 Å². The highest BCUT2D eigenvalue weighted by Gasteiger charge is 2.38. The fraction of sp³-hybridized carbons (Fsp3) is 0.583. The van der Waals surface area contributed by atoms with E-state index in [0.717, 1.165) is 0 Å². The standard InChI is InChI=1S/C12H15F2N5O3/c13-12(14)5-18(1-2-22-12)10-9-11(16-6-15-10)19(7-17-9)3-8(21)4-20/h6-8,20-21H,1-5H2. The summed E-state index contributed by atoms with van der Waals surface area (Å²) in [5, 5.41) is 18.4. The van der Waals surface area contributed by atoms with Gasteiger partial charge in [-0.3, -0.25) is 0 Å². The van der Waals surface area contributed by atoms with Gasteiger partial charge in [0.1, 0.15) is 12.9 Å². The third-order valence-electron chi connectivity index (χ3n) is 3.35. The molecule has 3 rings (SSSR count). The first kappa shape index (κ1) is 15.0. The molecule has 0 bridgehead atoms. The van der Waals surface area contributed by atoms with Crippen molar-refractivity contribution < 1.29 is 23.7 Å². The van der Waals surface area contributed by atoms with Crippen LogP contribution < -0.4 is 4.90 Å². The van der Waals surface area contributed by atoms with Crippen molar-refractivity contribution in [2.24, 2.45) is 0 Å². The van der Waals surface area contributed by atoms with Crippen molar-refractivity contribution in [2.45, 2.75) is 18.8 Å². The van der Waals surface area contributed by atoms with Gasteiger partial charge in [0.05, 0.1) is 32.2 Å². The van der Waals surface area contributed by atoms with Gasteiger partial charge in [0.15, 0.2) is 17.0 Å². The largest absolute Gasteiger partial charge is 0.394 e. The minimum Gasteiger partial charge on any atom is -0.394 e. The molecule has 10 heteroatoms. The maximum absolute atomic E-state index is 13.4. The summed E-state index contributed by atoms with van der Waals surface area (Å²) in [5.41, 5.74) is 0.776. The van der Waals surface area contributed by atoms with Gasteiger partial charge in [-0.05, 0) is 0 Å². The Morgan fingerprint density at radius 3 is 2.91 bits per heavy atom. The van der Waals surface area contributed by atoms with Crippen LogP contribution in [0.1, 0.15) is 0 Å². The zero-order valence-electron chi connectivity index (χ0n) is 11.6. The van der Waals surface area contributed by atoms with Crippen LogP contribution in [0.2, 0.25) is 0 Å². The number of morpholine rings is 1. The lowest BCUT2D eigenvalue weighted by Crippen LogP contribution is -2.47. The summed E-state index contributed by atoms with van der Waals surface area (Å²) in [6, 6.07) is 0. The van der Waals surface area contributed by atoms with Crippen molar-refractivity contribution in [3.8, 4) is 0 Å². The fourth-order valence-corrected chi connectivity index (χ4v) is 2.35. The Bertz CT molecular complexity index is 665. The van der Waals surface area contributed by atoms with Gasteiger partial charge in [-0.2, -0.15) is 8.78 Å². The van der Waals surface area contributed by atoms with E-state index in [1.807, 2.05) is 0 Å². The van der Waals surface area contributed by atoms with E-state index in [1.54, 1.807) is 4.57 Å². The van der Waals surface area contributed by atoms with Gasteiger partial charge >= 0.3 is 6.11 Å². The van der Waals surface area contributed by atoms with E-state index in [4.69, 9.17) is 5.11 Å². The normalized spacial score (nSPS) is 19.5. The summed E-state index contributed by atoms with van der Waals surface area (Å²) in [7, 11) is 0. The smallest absolute Gasteiger partial charge is 0.373 e. The van der Waals surface area contributed by atoms with Gasteiger partial charge in [-0.15, -0.1) is 0 Å². The highest BCUT2D eigenvalue weighted by Crippen LogP contribution is 2.28. The molecule has 0 amide bonds. The number of aliphatic hydroxyl groups excluding tert-OH is 2. The van der Waals surface area contributed by atoms with Crippen molar-refractivity contribution in [1.82, 2.24) is 19.5 Å². The lowest BCUT2D eigenvalue weighted by molar-refractivity contribution is -0.240. The number of aromatic nitrogens is 4. The topological polar surface area (TPSA) is 96.5 Å². The molecule has 1 aliphatic heterocycles. The molecule has 22 heavy (non-hydrogen) atoms. The van der Waals surface area contributed by atoms with Gasteiger partial charge in [-0.25, -0.2) is 15.0 Å². The number of rotatable bonds is 4. The van der Waals surface area contributed by atoms with E-state index >= 15 is 0 Å². The molecule has 0 aromatic carbocycles. The summed E-state index contributed by atoms with van der Waals surface area (Å²) in [5.74, 6) is 0.296. The second-order valence-corrected chi connectivity index (χ2v) is 5.01. The number of hydrogen-bond acceptors (Lipinski definition) is 7. The molecule has 1 atom stereocenters. The van der Waals surface area contributed by atoms with Crippen molar-refractivity contribution >= 4 is 17.0 Å². The number of ether oxygens (including phenoxy) is 1. The van der Waals surface area contributed by atoms with Crippen LogP contribution in [0.3, 0.4) is 0 Å². The summed E-state index contributed by atoms with van der Waals surface area (Å²) in [4.78, 5) is 13.7. The Hall–Kier alpha value is -1.91. The van der Waals surface area contributed by atoms with Gasteiger partial charge in [0.25, 0.3) is 0 Å². The van der Waals surface area contributed by atoms with Crippen molar-refractivity contribution in [1.29, 1.82) is 0 Å². The second-order valence-electron chi connectivity index (χ2n) is 5.01. The van der Waals surface area contributed by atoms with Crippen LogP contribution in [0.15, 0.2) is 12.7 Å². The van der Waals surface area contributed by atoms with Gasteiger partial charge in [0.2, 0.25) is 0 Å². The third-order valence-corrected chi connectivity index (χ3v) is 3.35. The number of hydrogen-bond donors (Lipinski definition) is 2. The quantitative estimate of drug-likeness (QED) is 0.793. The highest BCUT2D eigenvalue weighted by atomic mass is 19.3. The molecule has 8 nitrogen and oxygen atoms in total. The summed E-state index contributed by atoms with van der Waals surface area (Å²) < 4.78 is 32.7. The average molecular weight is 315 g/mol. The van der Waals surface area contributed by atoms with Crippen molar-refractivity contribution in [2.75, 3.05) is 31.2 Å². The summed E-state index contributed by atoms with van der Waals surface area (Å²) in [6.45, 7) is -0.739. The second kappa shape index (κ2) is 5.71. The minimum atomic E-state index is -3.23.